The monoisotopic (exact) mass is 244 g/mol. The molecule has 0 amide bonds. The number of hydrogen-bond acceptors (Lipinski definition) is 5. The zero-order valence-electron chi connectivity index (χ0n) is 9.56. The van der Waals surface area contributed by atoms with Gasteiger partial charge in [-0.3, -0.25) is 0 Å². The van der Waals surface area contributed by atoms with E-state index < -0.39 is 5.09 Å². The molecular weight excluding hydrogens is 228 g/mol. The van der Waals surface area contributed by atoms with Gasteiger partial charge in [0.25, 0.3) is 5.09 Å². The van der Waals surface area contributed by atoms with Crippen molar-refractivity contribution in [2.24, 2.45) is 0 Å². The van der Waals surface area contributed by atoms with Gasteiger partial charge in [-0.15, -0.1) is 21.5 Å². The maximum atomic E-state index is 9.99. The van der Waals surface area contributed by atoms with Crippen molar-refractivity contribution in [1.82, 2.24) is 4.98 Å². The minimum absolute atomic E-state index is 0.114. The molecule has 1 heterocycles. The quantitative estimate of drug-likeness (QED) is 0.546. The van der Waals surface area contributed by atoms with Gasteiger partial charge >= 0.3 is 0 Å². The highest BCUT2D eigenvalue weighted by molar-refractivity contribution is 7.11. The van der Waals surface area contributed by atoms with E-state index in [2.05, 4.69) is 16.7 Å². The molecule has 0 atom stereocenters. The van der Waals surface area contributed by atoms with Gasteiger partial charge in [-0.25, -0.2) is 4.98 Å². The number of nitrogens with zero attached hydrogens (tertiary/aromatic N) is 2. The zero-order chi connectivity index (χ0) is 12.0. The summed E-state index contributed by atoms with van der Waals surface area (Å²) in [4.78, 5) is 19.8. The summed E-state index contributed by atoms with van der Waals surface area (Å²) in [7, 11) is 0. The molecule has 90 valence electrons. The van der Waals surface area contributed by atoms with Crippen LogP contribution in [0.2, 0.25) is 0 Å². The molecule has 0 aliphatic carbocycles. The third kappa shape index (κ3) is 4.14. The van der Waals surface area contributed by atoms with Gasteiger partial charge in [0.15, 0.2) is 0 Å². The second-order valence-electron chi connectivity index (χ2n) is 3.53. The van der Waals surface area contributed by atoms with Crippen molar-refractivity contribution in [3.63, 3.8) is 0 Å². The standard InChI is InChI=1S/C10H16N2O3S/c1-3-4-5-10-11-8(2)9(16-10)6-7-15-12(13)14/h3-7H2,1-2H3. The molecule has 0 aliphatic heterocycles. The number of hydrogen-bond donors (Lipinski definition) is 0. The van der Waals surface area contributed by atoms with Crippen LogP contribution >= 0.6 is 11.3 Å². The lowest BCUT2D eigenvalue weighted by atomic mass is 10.2. The molecule has 0 aromatic carbocycles. The van der Waals surface area contributed by atoms with Gasteiger partial charge in [-0.1, -0.05) is 13.3 Å². The number of rotatable bonds is 7. The Labute approximate surface area is 98.6 Å². The molecule has 6 heteroatoms. The minimum atomic E-state index is -0.756. The van der Waals surface area contributed by atoms with Crippen molar-refractivity contribution in [2.75, 3.05) is 6.61 Å². The molecular formula is C10H16N2O3S. The fourth-order valence-corrected chi connectivity index (χ4v) is 2.46. The van der Waals surface area contributed by atoms with E-state index in [1.54, 1.807) is 11.3 Å². The molecule has 0 spiro atoms. The second-order valence-corrected chi connectivity index (χ2v) is 4.69. The Kier molecular flexibility index (Phi) is 5.18. The lowest BCUT2D eigenvalue weighted by Crippen LogP contribution is -2.04. The van der Waals surface area contributed by atoms with Crippen molar-refractivity contribution in [3.05, 3.63) is 25.7 Å². The minimum Gasteiger partial charge on any atom is -0.314 e. The summed E-state index contributed by atoms with van der Waals surface area (Å²) in [6.07, 6.45) is 3.85. The van der Waals surface area contributed by atoms with Crippen molar-refractivity contribution in [1.29, 1.82) is 0 Å². The van der Waals surface area contributed by atoms with Gasteiger partial charge in [0.05, 0.1) is 10.7 Å². The highest BCUT2D eigenvalue weighted by atomic mass is 32.1. The Bertz CT molecular complexity index is 352. The van der Waals surface area contributed by atoms with Crippen LogP contribution in [0.4, 0.5) is 0 Å². The summed E-state index contributed by atoms with van der Waals surface area (Å²) >= 11 is 1.64. The van der Waals surface area contributed by atoms with Crippen molar-refractivity contribution in [3.8, 4) is 0 Å². The fourth-order valence-electron chi connectivity index (χ4n) is 1.37. The molecule has 0 fully saturated rings. The molecule has 1 aromatic heterocycles. The Morgan fingerprint density at radius 3 is 2.88 bits per heavy atom. The molecule has 0 unspecified atom stereocenters. The SMILES string of the molecule is CCCCc1nc(C)c(CCO[N+](=O)[O-])s1. The molecule has 5 nitrogen and oxygen atoms in total. The van der Waals surface area contributed by atoms with Crippen LogP contribution in [-0.2, 0) is 17.7 Å². The molecule has 0 bridgehead atoms. The van der Waals surface area contributed by atoms with Crippen LogP contribution in [0.25, 0.3) is 0 Å². The van der Waals surface area contributed by atoms with Crippen LogP contribution in [0.3, 0.4) is 0 Å². The molecule has 0 radical (unpaired) electrons. The van der Waals surface area contributed by atoms with Crippen LogP contribution in [0.15, 0.2) is 0 Å². The number of unbranched alkanes of at least 4 members (excludes halogenated alkanes) is 1. The molecule has 0 N–H and O–H groups in total. The molecule has 1 rings (SSSR count). The molecule has 0 saturated heterocycles. The van der Waals surface area contributed by atoms with Crippen LogP contribution in [0.5, 0.6) is 0 Å². The normalized spacial score (nSPS) is 10.4. The van der Waals surface area contributed by atoms with Crippen LogP contribution in [-0.4, -0.2) is 16.7 Å². The maximum Gasteiger partial charge on any atom is 0.294 e. The molecule has 0 aliphatic rings. The van der Waals surface area contributed by atoms with E-state index in [9.17, 15) is 10.1 Å². The fraction of sp³-hybridized carbons (Fsp3) is 0.700. The number of thiazole rings is 1. The van der Waals surface area contributed by atoms with Crippen LogP contribution in [0.1, 0.15) is 35.3 Å². The summed E-state index contributed by atoms with van der Waals surface area (Å²) in [5.74, 6) is 0. The van der Waals surface area contributed by atoms with E-state index in [1.807, 2.05) is 6.92 Å². The van der Waals surface area contributed by atoms with Crippen LogP contribution < -0.4 is 0 Å². The summed E-state index contributed by atoms with van der Waals surface area (Å²) in [6, 6.07) is 0. The summed E-state index contributed by atoms with van der Waals surface area (Å²) in [5.41, 5.74) is 0.975. The first-order valence-corrected chi connectivity index (χ1v) is 6.17. The number of aryl methyl sites for hydroxylation is 2. The molecule has 16 heavy (non-hydrogen) atoms. The van der Waals surface area contributed by atoms with Crippen molar-refractivity contribution < 1.29 is 9.92 Å². The second kappa shape index (κ2) is 6.42. The van der Waals surface area contributed by atoms with Gasteiger partial charge in [0, 0.05) is 11.3 Å². The largest absolute Gasteiger partial charge is 0.314 e. The van der Waals surface area contributed by atoms with E-state index in [0.717, 1.165) is 34.8 Å². The highest BCUT2D eigenvalue weighted by Crippen LogP contribution is 2.20. The summed E-state index contributed by atoms with van der Waals surface area (Å²) in [6.45, 7) is 4.20. The Balaban J connectivity index is 2.46. The average Bonchev–Trinajstić information content (AvgIpc) is 2.56. The summed E-state index contributed by atoms with van der Waals surface area (Å²) in [5, 5.41) is 10.4. The Morgan fingerprint density at radius 1 is 1.50 bits per heavy atom. The van der Waals surface area contributed by atoms with Crippen molar-refractivity contribution >= 4 is 11.3 Å². The molecule has 1 aromatic rings. The first-order chi connectivity index (χ1) is 7.63. The van der Waals surface area contributed by atoms with Crippen LogP contribution in [0, 0.1) is 17.0 Å². The van der Waals surface area contributed by atoms with E-state index in [1.165, 1.54) is 0 Å². The lowest BCUT2D eigenvalue weighted by molar-refractivity contribution is -0.757. The Hall–Kier alpha value is -1.17. The average molecular weight is 244 g/mol. The van der Waals surface area contributed by atoms with E-state index in [0.29, 0.717) is 6.42 Å². The first kappa shape index (κ1) is 12.9. The van der Waals surface area contributed by atoms with E-state index >= 15 is 0 Å². The topological polar surface area (TPSA) is 65.3 Å². The highest BCUT2D eigenvalue weighted by Gasteiger charge is 2.07. The Morgan fingerprint density at radius 2 is 2.25 bits per heavy atom. The van der Waals surface area contributed by atoms with E-state index in [-0.39, 0.29) is 6.61 Å². The van der Waals surface area contributed by atoms with Gasteiger partial charge < -0.3 is 4.84 Å². The zero-order valence-corrected chi connectivity index (χ0v) is 10.4. The third-order valence-corrected chi connectivity index (χ3v) is 3.48. The first-order valence-electron chi connectivity index (χ1n) is 5.36. The lowest BCUT2D eigenvalue weighted by Gasteiger charge is -1.96. The van der Waals surface area contributed by atoms with Gasteiger partial charge in [0.1, 0.15) is 6.61 Å². The summed E-state index contributed by atoms with van der Waals surface area (Å²) < 4.78 is 0. The smallest absolute Gasteiger partial charge is 0.294 e. The van der Waals surface area contributed by atoms with Gasteiger partial charge in [-0.05, 0) is 19.8 Å². The van der Waals surface area contributed by atoms with E-state index in [4.69, 9.17) is 0 Å². The predicted octanol–water partition coefficient (Wildman–Crippen LogP) is 2.54. The third-order valence-electron chi connectivity index (χ3n) is 2.21. The van der Waals surface area contributed by atoms with Gasteiger partial charge in [0.2, 0.25) is 0 Å². The van der Waals surface area contributed by atoms with Gasteiger partial charge in [-0.2, -0.15) is 0 Å². The maximum absolute atomic E-state index is 9.99. The van der Waals surface area contributed by atoms with Crippen molar-refractivity contribution in [2.45, 2.75) is 39.5 Å². The predicted molar refractivity (Wildman–Crippen MR) is 62.1 cm³/mol. The molecule has 0 saturated carbocycles. The number of aromatic nitrogens is 1.